The molecule has 2 heterocycles. The lowest BCUT2D eigenvalue weighted by molar-refractivity contribution is 0.606. The smallest absolute Gasteiger partial charge is 0.185 e. The summed E-state index contributed by atoms with van der Waals surface area (Å²) in [6.07, 6.45) is 3.08. The van der Waals surface area contributed by atoms with Gasteiger partial charge in [-0.1, -0.05) is 13.0 Å². The van der Waals surface area contributed by atoms with Crippen LogP contribution in [-0.4, -0.2) is 25.1 Å². The summed E-state index contributed by atoms with van der Waals surface area (Å²) < 4.78 is 0. The van der Waals surface area contributed by atoms with Gasteiger partial charge in [-0.3, -0.25) is 0 Å². The summed E-state index contributed by atoms with van der Waals surface area (Å²) in [5.41, 5.74) is 0. The van der Waals surface area contributed by atoms with Gasteiger partial charge in [-0.25, -0.2) is 4.98 Å². The van der Waals surface area contributed by atoms with E-state index in [2.05, 4.69) is 53.6 Å². The fraction of sp³-hybridized carbons (Fsp3) is 0.500. The van der Waals surface area contributed by atoms with Gasteiger partial charge < -0.3 is 10.2 Å². The zero-order valence-corrected chi connectivity index (χ0v) is 13.4. The van der Waals surface area contributed by atoms with Crippen molar-refractivity contribution >= 4 is 27.8 Å². The Morgan fingerprint density at radius 1 is 1.47 bits per heavy atom. The van der Waals surface area contributed by atoms with Crippen LogP contribution < -0.4 is 10.2 Å². The van der Waals surface area contributed by atoms with Gasteiger partial charge in [-0.15, -0.1) is 22.7 Å². The summed E-state index contributed by atoms with van der Waals surface area (Å²) >= 11 is 3.61. The second-order valence-corrected chi connectivity index (χ2v) is 6.65. The molecule has 0 aromatic carbocycles. The van der Waals surface area contributed by atoms with Crippen LogP contribution in [0.4, 0.5) is 5.13 Å². The molecule has 0 aliphatic carbocycles. The normalized spacial score (nSPS) is 12.6. The Balaban J connectivity index is 1.90. The number of likely N-dealkylation sites (N-methyl/N-ethyl adjacent to an activating group) is 1. The summed E-state index contributed by atoms with van der Waals surface area (Å²) in [7, 11) is 2.12. The van der Waals surface area contributed by atoms with E-state index >= 15 is 0 Å². The van der Waals surface area contributed by atoms with E-state index in [9.17, 15) is 0 Å². The van der Waals surface area contributed by atoms with Crippen LogP contribution in [0.2, 0.25) is 0 Å². The number of aromatic nitrogens is 1. The highest BCUT2D eigenvalue weighted by Crippen LogP contribution is 2.26. The summed E-state index contributed by atoms with van der Waals surface area (Å²) in [4.78, 5) is 9.51. The fourth-order valence-electron chi connectivity index (χ4n) is 1.89. The van der Waals surface area contributed by atoms with Crippen molar-refractivity contribution in [3.8, 4) is 0 Å². The highest BCUT2D eigenvalue weighted by atomic mass is 32.1. The zero-order valence-electron chi connectivity index (χ0n) is 11.7. The second kappa shape index (κ2) is 7.03. The third-order valence-electron chi connectivity index (χ3n) is 3.05. The van der Waals surface area contributed by atoms with Gasteiger partial charge in [0, 0.05) is 35.6 Å². The molecule has 0 saturated heterocycles. The first-order valence-electron chi connectivity index (χ1n) is 6.63. The van der Waals surface area contributed by atoms with Gasteiger partial charge in [0.25, 0.3) is 0 Å². The van der Waals surface area contributed by atoms with Crippen LogP contribution in [0.5, 0.6) is 0 Å². The second-order valence-electron chi connectivity index (χ2n) is 4.58. The van der Waals surface area contributed by atoms with Gasteiger partial charge in [0.15, 0.2) is 5.13 Å². The molecule has 0 aliphatic rings. The molecule has 0 fully saturated rings. The topological polar surface area (TPSA) is 28.2 Å². The first-order chi connectivity index (χ1) is 9.20. The molecule has 0 aliphatic heterocycles. The number of thiophene rings is 1. The predicted octanol–water partition coefficient (Wildman–Crippen LogP) is 3.55. The molecule has 5 heteroatoms. The molecule has 0 spiro atoms. The molecule has 2 rings (SSSR count). The van der Waals surface area contributed by atoms with Crippen molar-refractivity contribution in [2.45, 2.75) is 26.3 Å². The van der Waals surface area contributed by atoms with E-state index in [1.165, 1.54) is 9.75 Å². The monoisotopic (exact) mass is 295 g/mol. The van der Waals surface area contributed by atoms with Crippen LogP contribution in [0, 0.1) is 0 Å². The average molecular weight is 295 g/mol. The molecule has 0 saturated carbocycles. The van der Waals surface area contributed by atoms with E-state index in [-0.39, 0.29) is 0 Å². The Labute approximate surface area is 123 Å². The van der Waals surface area contributed by atoms with Crippen molar-refractivity contribution in [2.75, 3.05) is 25.0 Å². The van der Waals surface area contributed by atoms with E-state index in [1.54, 1.807) is 11.3 Å². The molecular formula is C14H21N3S2. The molecule has 2 aromatic rings. The summed E-state index contributed by atoms with van der Waals surface area (Å²) in [6.45, 7) is 6.32. The van der Waals surface area contributed by atoms with Gasteiger partial charge in [0.05, 0.1) is 0 Å². The van der Waals surface area contributed by atoms with Crippen molar-refractivity contribution in [1.29, 1.82) is 0 Å². The lowest BCUT2D eigenvalue weighted by Gasteiger charge is -2.15. The number of anilines is 1. The Bertz CT molecular complexity index is 479. The van der Waals surface area contributed by atoms with E-state index < -0.39 is 0 Å². The summed E-state index contributed by atoms with van der Waals surface area (Å²) in [5, 5.41) is 6.66. The maximum Gasteiger partial charge on any atom is 0.185 e. The molecule has 104 valence electrons. The van der Waals surface area contributed by atoms with Crippen molar-refractivity contribution in [2.24, 2.45) is 0 Å². The Morgan fingerprint density at radius 2 is 2.32 bits per heavy atom. The SMILES string of the molecule is CCNC(C)c1cnc(N(C)CCc2cccs2)s1. The predicted molar refractivity (Wildman–Crippen MR) is 85.5 cm³/mol. The van der Waals surface area contributed by atoms with Gasteiger partial charge in [0.1, 0.15) is 0 Å². The molecule has 0 bridgehead atoms. The number of nitrogens with one attached hydrogen (secondary N) is 1. The molecule has 0 radical (unpaired) electrons. The van der Waals surface area contributed by atoms with Gasteiger partial charge in [-0.2, -0.15) is 0 Å². The number of hydrogen-bond donors (Lipinski definition) is 1. The van der Waals surface area contributed by atoms with Crippen molar-refractivity contribution in [3.63, 3.8) is 0 Å². The third kappa shape index (κ3) is 4.03. The maximum atomic E-state index is 4.53. The first-order valence-corrected chi connectivity index (χ1v) is 8.33. The van der Waals surface area contributed by atoms with E-state index in [4.69, 9.17) is 0 Å². The van der Waals surface area contributed by atoms with E-state index in [1.807, 2.05) is 17.5 Å². The minimum Gasteiger partial charge on any atom is -0.351 e. The molecule has 1 N–H and O–H groups in total. The van der Waals surface area contributed by atoms with Crippen LogP contribution in [0.1, 0.15) is 29.6 Å². The van der Waals surface area contributed by atoms with Crippen LogP contribution >= 0.6 is 22.7 Å². The minimum atomic E-state index is 0.391. The largest absolute Gasteiger partial charge is 0.351 e. The number of hydrogen-bond acceptors (Lipinski definition) is 5. The lowest BCUT2D eigenvalue weighted by Crippen LogP contribution is -2.19. The number of rotatable bonds is 7. The Hall–Kier alpha value is -0.910. The van der Waals surface area contributed by atoms with Gasteiger partial charge in [0.2, 0.25) is 0 Å². The molecule has 19 heavy (non-hydrogen) atoms. The molecular weight excluding hydrogens is 274 g/mol. The van der Waals surface area contributed by atoms with Crippen LogP contribution in [0.15, 0.2) is 23.7 Å². The van der Waals surface area contributed by atoms with E-state index in [0.29, 0.717) is 6.04 Å². The van der Waals surface area contributed by atoms with Crippen molar-refractivity contribution < 1.29 is 0 Å². The summed E-state index contributed by atoms with van der Waals surface area (Å²) in [5.74, 6) is 0. The molecule has 1 atom stereocenters. The highest BCUT2D eigenvalue weighted by Gasteiger charge is 2.11. The van der Waals surface area contributed by atoms with Crippen LogP contribution in [0.25, 0.3) is 0 Å². The lowest BCUT2D eigenvalue weighted by atomic mass is 10.3. The minimum absolute atomic E-state index is 0.391. The van der Waals surface area contributed by atoms with Gasteiger partial charge >= 0.3 is 0 Å². The standard InChI is InChI=1S/C14H21N3S2/c1-4-15-11(2)13-10-16-14(19-13)17(3)8-7-12-6-5-9-18-12/h5-6,9-11,15H,4,7-8H2,1-3H3. The highest BCUT2D eigenvalue weighted by molar-refractivity contribution is 7.15. The molecule has 0 amide bonds. The molecule has 1 unspecified atom stereocenters. The van der Waals surface area contributed by atoms with Crippen molar-refractivity contribution in [3.05, 3.63) is 33.5 Å². The number of thiazole rings is 1. The molecule has 2 aromatic heterocycles. The summed E-state index contributed by atoms with van der Waals surface area (Å²) in [6, 6.07) is 4.69. The van der Waals surface area contributed by atoms with Crippen LogP contribution in [-0.2, 0) is 6.42 Å². The van der Waals surface area contributed by atoms with Crippen molar-refractivity contribution in [1.82, 2.24) is 10.3 Å². The zero-order chi connectivity index (χ0) is 13.7. The third-order valence-corrected chi connectivity index (χ3v) is 5.28. The fourth-order valence-corrected chi connectivity index (χ4v) is 3.52. The maximum absolute atomic E-state index is 4.53. The molecule has 3 nitrogen and oxygen atoms in total. The van der Waals surface area contributed by atoms with E-state index in [0.717, 1.165) is 24.6 Å². The quantitative estimate of drug-likeness (QED) is 0.846. The number of nitrogens with zero attached hydrogens (tertiary/aromatic N) is 2. The Morgan fingerprint density at radius 3 is 3.00 bits per heavy atom. The van der Waals surface area contributed by atoms with Crippen LogP contribution in [0.3, 0.4) is 0 Å². The van der Waals surface area contributed by atoms with Gasteiger partial charge in [-0.05, 0) is 31.3 Å². The Kier molecular flexibility index (Phi) is 5.36. The average Bonchev–Trinajstić information content (AvgIpc) is 3.07. The first kappa shape index (κ1) is 14.5.